The molecular weight excluding hydrogens is 250 g/mol. The Bertz CT molecular complexity index is 579. The van der Waals surface area contributed by atoms with Gasteiger partial charge in [-0.2, -0.15) is 9.61 Å². The Morgan fingerprint density at radius 3 is 3.11 bits per heavy atom. The molecule has 2 saturated heterocycles. The highest BCUT2D eigenvalue weighted by Crippen LogP contribution is 2.41. The average Bonchev–Trinajstić information content (AvgIpc) is 3.08. The fourth-order valence-electron chi connectivity index (χ4n) is 3.14. The molecule has 2 aliphatic heterocycles. The molecule has 2 fully saturated rings. The zero-order valence-corrected chi connectivity index (χ0v) is 11.0. The highest BCUT2D eigenvalue weighted by atomic mass is 32.1. The third-order valence-corrected chi connectivity index (χ3v) is 4.99. The van der Waals surface area contributed by atoms with Gasteiger partial charge in [0.25, 0.3) is 0 Å². The van der Waals surface area contributed by atoms with Gasteiger partial charge in [0.05, 0.1) is 0 Å². The van der Waals surface area contributed by atoms with Gasteiger partial charge in [0.2, 0.25) is 4.96 Å². The highest BCUT2D eigenvalue weighted by Gasteiger charge is 2.41. The molecule has 7 heteroatoms. The van der Waals surface area contributed by atoms with E-state index in [1.807, 2.05) is 4.52 Å². The first-order valence-corrected chi connectivity index (χ1v) is 7.13. The standard InChI is InChI=1S/C11H15N5OS/c1-17-5-9-13-14-11-16(9)15-10(18-11)7-4-6-2-3-8(7)12-6/h6-8,12H,2-5H2,1H3. The van der Waals surface area contributed by atoms with Crippen LogP contribution in [-0.2, 0) is 11.3 Å². The number of aromatic nitrogens is 4. The summed E-state index contributed by atoms with van der Waals surface area (Å²) in [6.07, 6.45) is 3.81. The number of hydrogen-bond acceptors (Lipinski definition) is 6. The van der Waals surface area contributed by atoms with Crippen LogP contribution < -0.4 is 5.32 Å². The van der Waals surface area contributed by atoms with E-state index in [2.05, 4.69) is 20.6 Å². The molecule has 2 aromatic rings. The summed E-state index contributed by atoms with van der Waals surface area (Å²) in [6, 6.07) is 1.32. The highest BCUT2D eigenvalue weighted by molar-refractivity contribution is 7.16. The molecule has 4 heterocycles. The lowest BCUT2D eigenvalue weighted by atomic mass is 9.90. The normalized spacial score (nSPS) is 30.6. The number of nitrogens with zero attached hydrogens (tertiary/aromatic N) is 4. The molecule has 6 nitrogen and oxygen atoms in total. The number of nitrogens with one attached hydrogen (secondary N) is 1. The summed E-state index contributed by atoms with van der Waals surface area (Å²) < 4.78 is 6.94. The third-order valence-electron chi connectivity index (χ3n) is 3.96. The van der Waals surface area contributed by atoms with Crippen molar-refractivity contribution in [1.82, 2.24) is 25.1 Å². The molecule has 0 spiro atoms. The van der Waals surface area contributed by atoms with Crippen molar-refractivity contribution in [2.24, 2.45) is 0 Å². The van der Waals surface area contributed by atoms with E-state index < -0.39 is 0 Å². The largest absolute Gasteiger partial charge is 0.377 e. The molecule has 0 aliphatic carbocycles. The van der Waals surface area contributed by atoms with Gasteiger partial charge in [-0.1, -0.05) is 11.3 Å². The molecule has 1 N–H and O–H groups in total. The van der Waals surface area contributed by atoms with E-state index in [0.717, 1.165) is 10.8 Å². The molecule has 2 aromatic heterocycles. The Kier molecular flexibility index (Phi) is 2.39. The van der Waals surface area contributed by atoms with Gasteiger partial charge in [0, 0.05) is 25.1 Å². The summed E-state index contributed by atoms with van der Waals surface area (Å²) in [4.78, 5) is 0.875. The maximum Gasteiger partial charge on any atom is 0.234 e. The molecule has 3 unspecified atom stereocenters. The summed E-state index contributed by atoms with van der Waals surface area (Å²) in [7, 11) is 1.66. The second-order valence-corrected chi connectivity index (χ2v) is 6.06. The van der Waals surface area contributed by atoms with E-state index in [1.165, 1.54) is 24.3 Å². The van der Waals surface area contributed by atoms with E-state index in [-0.39, 0.29) is 0 Å². The zero-order chi connectivity index (χ0) is 12.1. The van der Waals surface area contributed by atoms with Gasteiger partial charge in [-0.25, -0.2) is 0 Å². The smallest absolute Gasteiger partial charge is 0.234 e. The van der Waals surface area contributed by atoms with Crippen molar-refractivity contribution in [3.63, 3.8) is 0 Å². The Labute approximate surface area is 108 Å². The van der Waals surface area contributed by atoms with Crippen LogP contribution >= 0.6 is 11.3 Å². The predicted octanol–water partition coefficient (Wildman–Crippen LogP) is 0.940. The number of hydrogen-bond donors (Lipinski definition) is 1. The topological polar surface area (TPSA) is 64.3 Å². The van der Waals surface area contributed by atoms with Gasteiger partial charge >= 0.3 is 0 Å². The number of ether oxygens (including phenoxy) is 1. The molecule has 3 atom stereocenters. The van der Waals surface area contributed by atoms with Crippen molar-refractivity contribution in [3.8, 4) is 0 Å². The summed E-state index contributed by atoms with van der Waals surface area (Å²) in [5, 5.41) is 17.8. The fourth-order valence-corrected chi connectivity index (χ4v) is 4.17. The van der Waals surface area contributed by atoms with E-state index in [9.17, 15) is 0 Å². The van der Waals surface area contributed by atoms with Crippen LogP contribution in [0.2, 0.25) is 0 Å². The number of rotatable bonds is 3. The molecule has 96 valence electrons. The van der Waals surface area contributed by atoms with Gasteiger partial charge in [0.15, 0.2) is 5.82 Å². The fraction of sp³-hybridized carbons (Fsp3) is 0.727. The minimum Gasteiger partial charge on any atom is -0.377 e. The van der Waals surface area contributed by atoms with Crippen molar-refractivity contribution < 1.29 is 4.74 Å². The third kappa shape index (κ3) is 1.51. The van der Waals surface area contributed by atoms with Crippen molar-refractivity contribution in [3.05, 3.63) is 10.8 Å². The van der Waals surface area contributed by atoms with Crippen LogP contribution in [0, 0.1) is 0 Å². The van der Waals surface area contributed by atoms with Crippen molar-refractivity contribution in [2.45, 2.75) is 43.9 Å². The predicted molar refractivity (Wildman–Crippen MR) is 66.7 cm³/mol. The molecule has 2 bridgehead atoms. The minimum atomic E-state index is 0.458. The second kappa shape index (κ2) is 3.97. The SMILES string of the molecule is COCc1nnc2sc(C3CC4CCC3N4)nn12. The first-order valence-electron chi connectivity index (χ1n) is 6.31. The molecular formula is C11H15N5OS. The van der Waals surface area contributed by atoms with Gasteiger partial charge in [-0.15, -0.1) is 10.2 Å². The quantitative estimate of drug-likeness (QED) is 0.895. The minimum absolute atomic E-state index is 0.458. The van der Waals surface area contributed by atoms with Crippen LogP contribution in [0.15, 0.2) is 0 Å². The Morgan fingerprint density at radius 2 is 2.39 bits per heavy atom. The van der Waals surface area contributed by atoms with Crippen LogP contribution in [0.4, 0.5) is 0 Å². The summed E-state index contributed by atoms with van der Waals surface area (Å²) in [5.41, 5.74) is 0. The maximum atomic E-state index is 5.11. The van der Waals surface area contributed by atoms with Crippen molar-refractivity contribution in [1.29, 1.82) is 0 Å². The van der Waals surface area contributed by atoms with E-state index in [4.69, 9.17) is 4.74 Å². The van der Waals surface area contributed by atoms with Crippen LogP contribution in [0.3, 0.4) is 0 Å². The monoisotopic (exact) mass is 265 g/mol. The number of methoxy groups -OCH3 is 1. The first kappa shape index (κ1) is 10.8. The second-order valence-electron chi connectivity index (χ2n) is 5.07. The van der Waals surface area contributed by atoms with Crippen LogP contribution in [0.5, 0.6) is 0 Å². The van der Waals surface area contributed by atoms with E-state index >= 15 is 0 Å². The summed E-state index contributed by atoms with van der Waals surface area (Å²) >= 11 is 1.66. The van der Waals surface area contributed by atoms with Crippen molar-refractivity contribution in [2.75, 3.05) is 7.11 Å². The Balaban J connectivity index is 1.69. The van der Waals surface area contributed by atoms with Gasteiger partial charge in [-0.3, -0.25) is 0 Å². The van der Waals surface area contributed by atoms with Gasteiger partial charge < -0.3 is 10.1 Å². The van der Waals surface area contributed by atoms with Crippen LogP contribution in [0.1, 0.15) is 36.0 Å². The zero-order valence-electron chi connectivity index (χ0n) is 10.2. The van der Waals surface area contributed by atoms with Gasteiger partial charge in [-0.05, 0) is 19.3 Å². The molecule has 0 amide bonds. The van der Waals surface area contributed by atoms with E-state index in [0.29, 0.717) is 24.6 Å². The Hall–Kier alpha value is -1.05. The first-order chi connectivity index (χ1) is 8.85. The lowest BCUT2D eigenvalue weighted by Crippen LogP contribution is -2.21. The van der Waals surface area contributed by atoms with Crippen molar-refractivity contribution >= 4 is 16.3 Å². The summed E-state index contributed by atoms with van der Waals surface area (Å²) in [6.45, 7) is 0.458. The maximum absolute atomic E-state index is 5.11. The number of fused-ring (bicyclic) bond motifs is 3. The van der Waals surface area contributed by atoms with E-state index in [1.54, 1.807) is 18.4 Å². The van der Waals surface area contributed by atoms with Gasteiger partial charge in [0.1, 0.15) is 11.6 Å². The molecule has 0 radical (unpaired) electrons. The molecule has 0 saturated carbocycles. The molecule has 2 aliphatic rings. The lowest BCUT2D eigenvalue weighted by molar-refractivity contribution is 0.176. The summed E-state index contributed by atoms with van der Waals surface area (Å²) in [5.74, 6) is 1.34. The average molecular weight is 265 g/mol. The van der Waals surface area contributed by atoms with Crippen LogP contribution in [0.25, 0.3) is 4.96 Å². The molecule has 0 aromatic carbocycles. The molecule has 18 heavy (non-hydrogen) atoms. The van der Waals surface area contributed by atoms with Crippen LogP contribution in [-0.4, -0.2) is 39.0 Å². The molecule has 4 rings (SSSR count). The Morgan fingerprint density at radius 1 is 1.44 bits per heavy atom. The lowest BCUT2D eigenvalue weighted by Gasteiger charge is -2.16.